The van der Waals surface area contributed by atoms with Crippen molar-refractivity contribution in [2.24, 2.45) is 0 Å². The lowest BCUT2D eigenvalue weighted by molar-refractivity contribution is -0.0691. The Hall–Kier alpha value is -1.79. The van der Waals surface area contributed by atoms with Gasteiger partial charge in [0.05, 0.1) is 15.4 Å². The average Bonchev–Trinajstić information content (AvgIpc) is 2.49. The highest BCUT2D eigenvalue weighted by atomic mass is 35.5. The van der Waals surface area contributed by atoms with Gasteiger partial charge < -0.3 is 0 Å². The summed E-state index contributed by atoms with van der Waals surface area (Å²) in [6, 6.07) is 11.9. The van der Waals surface area contributed by atoms with Gasteiger partial charge in [0.2, 0.25) is 9.84 Å². The quantitative estimate of drug-likeness (QED) is 0.762. The molecule has 0 aliphatic rings. The van der Waals surface area contributed by atoms with Gasteiger partial charge in [0.1, 0.15) is 0 Å². The van der Waals surface area contributed by atoms with Crippen LogP contribution >= 0.6 is 11.6 Å². The van der Waals surface area contributed by atoms with Crippen molar-refractivity contribution in [1.82, 2.24) is 0 Å². The third-order valence-corrected chi connectivity index (χ3v) is 5.38. The molecule has 0 aromatic heterocycles. The molecule has 2 aromatic carbocycles. The molecule has 23 heavy (non-hydrogen) atoms. The van der Waals surface area contributed by atoms with E-state index in [0.29, 0.717) is 0 Å². The largest absolute Gasteiger partial charge is 0.417 e. The van der Waals surface area contributed by atoms with Crippen molar-refractivity contribution in [3.63, 3.8) is 0 Å². The van der Waals surface area contributed by atoms with E-state index in [2.05, 4.69) is 0 Å². The Morgan fingerprint density at radius 1 is 0.957 bits per heavy atom. The van der Waals surface area contributed by atoms with E-state index in [9.17, 15) is 21.6 Å². The Kier molecular flexibility index (Phi) is 4.87. The summed E-state index contributed by atoms with van der Waals surface area (Å²) in [7, 11) is -4.25. The van der Waals surface area contributed by atoms with Crippen LogP contribution in [0.3, 0.4) is 0 Å². The van der Waals surface area contributed by atoms with Crippen molar-refractivity contribution < 1.29 is 21.6 Å². The van der Waals surface area contributed by atoms with E-state index in [0.717, 1.165) is 19.1 Å². The summed E-state index contributed by atoms with van der Waals surface area (Å²) in [5.41, 5.74) is -1.45. The minimum atomic E-state index is -4.82. The number of sulfone groups is 1. The smallest absolute Gasteiger partial charge is 0.219 e. The van der Waals surface area contributed by atoms with Gasteiger partial charge in [-0.3, -0.25) is 0 Å². The molecule has 0 aliphatic carbocycles. The maximum Gasteiger partial charge on any atom is 0.417 e. The molecule has 0 bridgehead atoms. The number of hydrogen-bond donors (Lipinski definition) is 0. The summed E-state index contributed by atoms with van der Waals surface area (Å²) in [6.45, 7) is 0.958. The molecule has 0 aliphatic heterocycles. The number of hydrogen-bond acceptors (Lipinski definition) is 2. The van der Waals surface area contributed by atoms with Crippen molar-refractivity contribution in [1.29, 1.82) is 0 Å². The van der Waals surface area contributed by atoms with Crippen LogP contribution in [0.15, 0.2) is 64.4 Å². The van der Waals surface area contributed by atoms with Crippen molar-refractivity contribution in [2.45, 2.75) is 18.0 Å². The number of halogens is 4. The Bertz CT molecular complexity index is 824. The lowest BCUT2D eigenvalue weighted by Crippen LogP contribution is -2.16. The normalized spacial score (nSPS) is 13.6. The van der Waals surface area contributed by atoms with Gasteiger partial charge in [-0.05, 0) is 36.8 Å². The Balaban J connectivity index is 2.71. The molecule has 0 spiro atoms. The summed E-state index contributed by atoms with van der Waals surface area (Å²) >= 11 is 5.68. The molecule has 0 N–H and O–H groups in total. The van der Waals surface area contributed by atoms with E-state index >= 15 is 0 Å². The van der Waals surface area contributed by atoms with Gasteiger partial charge >= 0.3 is 6.18 Å². The third kappa shape index (κ3) is 3.76. The van der Waals surface area contributed by atoms with Crippen LogP contribution in [0, 0.1) is 0 Å². The van der Waals surface area contributed by atoms with Crippen LogP contribution in [-0.4, -0.2) is 14.6 Å². The van der Waals surface area contributed by atoms with Crippen LogP contribution < -0.4 is 0 Å². The highest BCUT2D eigenvalue weighted by Crippen LogP contribution is 2.39. The average molecular weight is 361 g/mol. The summed E-state index contributed by atoms with van der Waals surface area (Å²) < 4.78 is 65.3. The number of alkyl halides is 3. The minimum Gasteiger partial charge on any atom is -0.219 e. The third-order valence-electron chi connectivity index (χ3n) is 3.23. The SMILES string of the molecule is C/C(=C(/c1ccc(Cl)cc1)C(F)(F)F)S(=O)(=O)c1ccccc1. The van der Waals surface area contributed by atoms with Crippen LogP contribution in [-0.2, 0) is 9.84 Å². The van der Waals surface area contributed by atoms with Crippen molar-refractivity contribution in [3.8, 4) is 0 Å². The molecule has 0 atom stereocenters. The van der Waals surface area contributed by atoms with E-state index in [1.807, 2.05) is 0 Å². The molecular formula is C16H12ClF3O2S. The summed E-state index contributed by atoms with van der Waals surface area (Å²) in [5.74, 6) is 0. The van der Waals surface area contributed by atoms with Gasteiger partial charge in [-0.2, -0.15) is 13.2 Å². The Morgan fingerprint density at radius 3 is 1.96 bits per heavy atom. The van der Waals surface area contributed by atoms with E-state index in [-0.39, 0.29) is 15.5 Å². The highest BCUT2D eigenvalue weighted by molar-refractivity contribution is 7.95. The zero-order valence-corrected chi connectivity index (χ0v) is 13.5. The van der Waals surface area contributed by atoms with Crippen LogP contribution in [0.1, 0.15) is 12.5 Å². The number of rotatable bonds is 3. The zero-order chi connectivity index (χ0) is 17.3. The van der Waals surface area contributed by atoms with Crippen molar-refractivity contribution >= 4 is 27.0 Å². The van der Waals surface area contributed by atoms with E-state index in [1.54, 1.807) is 6.07 Å². The van der Waals surface area contributed by atoms with Crippen LogP contribution in [0.5, 0.6) is 0 Å². The van der Waals surface area contributed by atoms with E-state index in [1.165, 1.54) is 36.4 Å². The first-order chi connectivity index (χ1) is 10.6. The molecule has 0 saturated heterocycles. The summed E-state index contributed by atoms with van der Waals surface area (Å²) in [6.07, 6.45) is -4.82. The predicted octanol–water partition coefficient (Wildman–Crippen LogP) is 5.11. The van der Waals surface area contributed by atoms with Crippen LogP contribution in [0.25, 0.3) is 5.57 Å². The van der Waals surface area contributed by atoms with Crippen LogP contribution in [0.2, 0.25) is 5.02 Å². The second-order valence-corrected chi connectivity index (χ2v) is 7.28. The molecule has 122 valence electrons. The lowest BCUT2D eigenvalue weighted by Gasteiger charge is -2.16. The molecule has 0 radical (unpaired) electrons. The van der Waals surface area contributed by atoms with Crippen molar-refractivity contribution in [3.05, 3.63) is 70.1 Å². The van der Waals surface area contributed by atoms with Crippen molar-refractivity contribution in [2.75, 3.05) is 0 Å². The molecule has 0 unspecified atom stereocenters. The Morgan fingerprint density at radius 2 is 1.48 bits per heavy atom. The maximum atomic E-state index is 13.4. The highest BCUT2D eigenvalue weighted by Gasteiger charge is 2.39. The second kappa shape index (κ2) is 6.37. The predicted molar refractivity (Wildman–Crippen MR) is 83.7 cm³/mol. The first-order valence-corrected chi connectivity index (χ1v) is 8.34. The molecule has 0 heterocycles. The minimum absolute atomic E-state index is 0.187. The lowest BCUT2D eigenvalue weighted by atomic mass is 10.1. The molecule has 0 saturated carbocycles. The van der Waals surface area contributed by atoms with Gasteiger partial charge in [-0.25, -0.2) is 8.42 Å². The van der Waals surface area contributed by atoms with Gasteiger partial charge in [0.25, 0.3) is 0 Å². The molecular weight excluding hydrogens is 349 g/mol. The fraction of sp³-hybridized carbons (Fsp3) is 0.125. The van der Waals surface area contributed by atoms with Gasteiger partial charge in [-0.1, -0.05) is 41.9 Å². The summed E-state index contributed by atoms with van der Waals surface area (Å²) in [5, 5.41) is 0.263. The zero-order valence-electron chi connectivity index (χ0n) is 11.9. The topological polar surface area (TPSA) is 34.1 Å². The molecule has 0 amide bonds. The maximum absolute atomic E-state index is 13.4. The fourth-order valence-corrected chi connectivity index (χ4v) is 3.59. The van der Waals surface area contributed by atoms with E-state index < -0.39 is 26.5 Å². The number of benzene rings is 2. The molecule has 2 nitrogen and oxygen atoms in total. The first kappa shape index (κ1) is 17.6. The van der Waals surface area contributed by atoms with Gasteiger partial charge in [0.15, 0.2) is 0 Å². The molecule has 2 rings (SSSR count). The standard InChI is InChI=1S/C16H12ClF3O2S/c1-11(23(21,22)14-5-3-2-4-6-14)15(16(18,19)20)12-7-9-13(17)10-8-12/h2-10H,1H3/b15-11+. The number of allylic oxidation sites excluding steroid dienone is 2. The molecule has 0 fully saturated rings. The fourth-order valence-electron chi connectivity index (χ4n) is 2.09. The summed E-state index contributed by atoms with van der Waals surface area (Å²) in [4.78, 5) is -0.938. The molecule has 7 heteroatoms. The van der Waals surface area contributed by atoms with Gasteiger partial charge in [-0.15, -0.1) is 0 Å². The second-order valence-electron chi connectivity index (χ2n) is 4.75. The molecule has 2 aromatic rings. The first-order valence-electron chi connectivity index (χ1n) is 6.48. The Labute approximate surface area is 137 Å². The van der Waals surface area contributed by atoms with Crippen LogP contribution in [0.4, 0.5) is 13.2 Å². The monoisotopic (exact) mass is 360 g/mol. The van der Waals surface area contributed by atoms with E-state index in [4.69, 9.17) is 11.6 Å². The van der Waals surface area contributed by atoms with Gasteiger partial charge in [0, 0.05) is 5.02 Å².